The van der Waals surface area contributed by atoms with E-state index < -0.39 is 77.2 Å². The molecule has 7 N–H and O–H groups in total. The van der Waals surface area contributed by atoms with Gasteiger partial charge < -0.3 is 36.6 Å². The van der Waals surface area contributed by atoms with Gasteiger partial charge in [0.25, 0.3) is 17.7 Å². The van der Waals surface area contributed by atoms with Crippen LogP contribution in [0.25, 0.3) is 0 Å². The van der Waals surface area contributed by atoms with E-state index in [1.54, 1.807) is 23.4 Å². The topological polar surface area (TPSA) is 271 Å². The van der Waals surface area contributed by atoms with Gasteiger partial charge in [-0.2, -0.15) is 0 Å². The highest BCUT2D eigenvalue weighted by atomic mass is 16.3. The molecule has 2 aromatic heterocycles. The molecule has 2 aromatic rings. The van der Waals surface area contributed by atoms with Gasteiger partial charge in [-0.1, -0.05) is 72.8 Å². The van der Waals surface area contributed by atoms with E-state index in [0.29, 0.717) is 19.4 Å². The predicted octanol–water partition coefficient (Wildman–Crippen LogP) is 3.86. The van der Waals surface area contributed by atoms with E-state index in [0.717, 1.165) is 94.7 Å². The lowest BCUT2D eigenvalue weighted by molar-refractivity contribution is -0.146. The molecule has 2 saturated heterocycles. The van der Waals surface area contributed by atoms with Gasteiger partial charge in [0.15, 0.2) is 6.10 Å². The highest BCUT2D eigenvalue weighted by Crippen LogP contribution is 2.45. The lowest BCUT2D eigenvalue weighted by Gasteiger charge is -2.38. The fourth-order valence-corrected chi connectivity index (χ4v) is 12.2. The van der Waals surface area contributed by atoms with Crippen LogP contribution in [0.1, 0.15) is 188 Å². The Morgan fingerprint density at radius 3 is 2.19 bits per heavy atom. The number of hydrogen-bond acceptors (Lipinski definition) is 12. The Balaban J connectivity index is 0.902. The van der Waals surface area contributed by atoms with Gasteiger partial charge in [0.05, 0.1) is 17.9 Å². The predicted molar refractivity (Wildman–Crippen MR) is 268 cm³/mol. The van der Waals surface area contributed by atoms with Gasteiger partial charge in [0.1, 0.15) is 35.6 Å². The van der Waals surface area contributed by atoms with Gasteiger partial charge in [-0.15, -0.1) is 0 Å². The molecule has 19 nitrogen and oxygen atoms in total. The summed E-state index contributed by atoms with van der Waals surface area (Å²) >= 11 is 0. The van der Waals surface area contributed by atoms with Crippen LogP contribution in [-0.2, 0) is 28.8 Å². The lowest BCUT2D eigenvalue weighted by atomic mass is 9.71. The zero-order chi connectivity index (χ0) is 52.1. The molecule has 4 saturated carbocycles. The summed E-state index contributed by atoms with van der Waals surface area (Å²) in [5, 5.41) is 27.9. The molecule has 6 fully saturated rings. The molecule has 6 aliphatic rings. The number of pyridine rings is 1. The number of amides is 8. The summed E-state index contributed by atoms with van der Waals surface area (Å²) in [4.78, 5) is 123. The first kappa shape index (κ1) is 53.4. The number of nitrogens with one attached hydrogen (secondary N) is 6. The standard InChI is InChI=1S/C54H76N10O9/c1-6-11-37(45(66)52(72)58-34-18-19-34)59-51(71)44-36-15-10-14-33(36)28-64(44)53(73)46(54(3,4)5)63-50(70)43(30-12-8-7-9-13-30)62-49(69)41-27-56-40(26-57-41)31-16-20-35(29(2)24-31)32-17-21-38(55-25-32)47(67)60-39-22-23-42(65)61-48(39)68/h17,21,25-27,29-31,33-37,39,43-46,66H,6-16,18-20,22-24,28H2,1-5H3,(H,58,72)(H,59,71)(H,60,67)(H,62,69)(H,63,70)(H,61,65,68)/t29?,31?,33-,35?,36-,37+,39?,43-,44-,45?,46+/m0/s1. The van der Waals surface area contributed by atoms with Crippen LogP contribution in [0.15, 0.2) is 30.7 Å². The van der Waals surface area contributed by atoms with E-state index >= 15 is 0 Å². The molecule has 396 valence electrons. The summed E-state index contributed by atoms with van der Waals surface area (Å²) in [5.74, 6) is -3.31. The van der Waals surface area contributed by atoms with Crippen molar-refractivity contribution >= 4 is 47.3 Å². The molecular weight excluding hydrogens is 933 g/mol. The number of likely N-dealkylation sites (tertiary alicyclic amines) is 1. The molecule has 73 heavy (non-hydrogen) atoms. The van der Waals surface area contributed by atoms with E-state index in [1.165, 1.54) is 6.20 Å². The molecule has 4 heterocycles. The van der Waals surface area contributed by atoms with Crippen LogP contribution < -0.4 is 31.9 Å². The number of aliphatic hydroxyl groups is 1. The first-order valence-corrected chi connectivity index (χ1v) is 27.0. The monoisotopic (exact) mass is 1010 g/mol. The molecule has 5 unspecified atom stereocenters. The lowest BCUT2D eigenvalue weighted by Crippen LogP contribution is -2.62. The number of fused-ring (bicyclic) bond motifs is 1. The van der Waals surface area contributed by atoms with Gasteiger partial charge >= 0.3 is 0 Å². The smallest absolute Gasteiger partial charge is 0.272 e. The van der Waals surface area contributed by atoms with Crippen LogP contribution in [0.3, 0.4) is 0 Å². The highest BCUT2D eigenvalue weighted by molar-refractivity contribution is 6.03. The Morgan fingerprint density at radius 1 is 0.795 bits per heavy atom. The largest absolute Gasteiger partial charge is 0.381 e. The molecule has 0 bridgehead atoms. The number of aliphatic hydroxyl groups excluding tert-OH is 1. The van der Waals surface area contributed by atoms with E-state index in [2.05, 4.69) is 48.8 Å². The quantitative estimate of drug-likeness (QED) is 0.111. The van der Waals surface area contributed by atoms with E-state index in [4.69, 9.17) is 4.98 Å². The number of imide groups is 1. The normalized spacial score (nSPS) is 27.1. The van der Waals surface area contributed by atoms with Crippen molar-refractivity contribution in [3.63, 3.8) is 0 Å². The SMILES string of the molecule is CCC[C@@H](NC(=O)[C@@H]1[C@H]2CCC[C@H]2CN1C(=O)[C@@H](NC(=O)[C@@H](NC(=O)c1cnc(C2CCC(c3ccc(C(=O)NC4CCC(=O)NC4=O)nc3)C(C)C2)cn1)C1CCCCC1)C(C)(C)C)C(O)C(=O)NC1CC1. The average Bonchev–Trinajstić information content (AvgIpc) is 3.94. The van der Waals surface area contributed by atoms with Crippen molar-refractivity contribution in [2.75, 3.05) is 6.54 Å². The molecular formula is C54H76N10O9. The molecule has 11 atom stereocenters. The van der Waals surface area contributed by atoms with Crippen molar-refractivity contribution in [2.24, 2.45) is 29.1 Å². The molecule has 8 amide bonds. The van der Waals surface area contributed by atoms with Crippen molar-refractivity contribution in [2.45, 2.75) is 198 Å². The van der Waals surface area contributed by atoms with Crippen molar-refractivity contribution in [3.8, 4) is 0 Å². The second-order valence-corrected chi connectivity index (χ2v) is 23.0. The molecule has 2 aliphatic heterocycles. The summed E-state index contributed by atoms with van der Waals surface area (Å²) < 4.78 is 0. The molecule has 0 spiro atoms. The summed E-state index contributed by atoms with van der Waals surface area (Å²) in [7, 11) is 0. The number of aromatic nitrogens is 3. The molecule has 19 heteroatoms. The Hall–Kier alpha value is -5.85. The number of rotatable bonds is 17. The van der Waals surface area contributed by atoms with Crippen molar-refractivity contribution in [1.82, 2.24) is 51.8 Å². The third-order valence-corrected chi connectivity index (χ3v) is 16.5. The first-order valence-electron chi connectivity index (χ1n) is 27.0. The first-order chi connectivity index (χ1) is 34.9. The van der Waals surface area contributed by atoms with Crippen molar-refractivity contribution in [1.29, 1.82) is 0 Å². The van der Waals surface area contributed by atoms with Crippen molar-refractivity contribution in [3.05, 3.63) is 53.4 Å². The summed E-state index contributed by atoms with van der Waals surface area (Å²) in [6.45, 7) is 10.1. The number of nitrogens with zero attached hydrogens (tertiary/aromatic N) is 4. The zero-order valence-electron chi connectivity index (χ0n) is 43.1. The van der Waals surface area contributed by atoms with Crippen molar-refractivity contribution < 1.29 is 43.5 Å². The molecule has 4 aliphatic carbocycles. The number of carbonyl (C=O) groups is 8. The minimum absolute atomic E-state index is 0.0467. The van der Waals surface area contributed by atoms with Gasteiger partial charge in [-0.25, -0.2) is 4.98 Å². The van der Waals surface area contributed by atoms with Gasteiger partial charge in [0.2, 0.25) is 29.5 Å². The van der Waals surface area contributed by atoms with Gasteiger partial charge in [0, 0.05) is 37.3 Å². The third-order valence-electron chi connectivity index (χ3n) is 16.5. The Kier molecular flexibility index (Phi) is 16.9. The number of hydrogen-bond donors (Lipinski definition) is 7. The maximum atomic E-state index is 15.0. The van der Waals surface area contributed by atoms with Gasteiger partial charge in [-0.3, -0.25) is 53.6 Å². The van der Waals surface area contributed by atoms with Crippen LogP contribution in [0, 0.1) is 29.1 Å². The Bertz CT molecular complexity index is 2370. The Labute approximate surface area is 428 Å². The number of carbonyl (C=O) groups excluding carboxylic acids is 8. The average molecular weight is 1010 g/mol. The second kappa shape index (κ2) is 23.1. The minimum Gasteiger partial charge on any atom is -0.381 e. The van der Waals surface area contributed by atoms with Crippen LogP contribution in [0.5, 0.6) is 0 Å². The minimum atomic E-state index is -1.43. The van der Waals surface area contributed by atoms with Crippen LogP contribution in [0.4, 0.5) is 0 Å². The molecule has 8 rings (SSSR count). The van der Waals surface area contributed by atoms with Crippen LogP contribution in [0.2, 0.25) is 0 Å². The second-order valence-electron chi connectivity index (χ2n) is 23.0. The summed E-state index contributed by atoms with van der Waals surface area (Å²) in [5.41, 5.74) is 1.25. The maximum Gasteiger partial charge on any atom is 0.272 e. The number of piperidine rings is 1. The van der Waals surface area contributed by atoms with E-state index in [9.17, 15) is 43.5 Å². The van der Waals surface area contributed by atoms with Crippen LogP contribution >= 0.6 is 0 Å². The fourth-order valence-electron chi connectivity index (χ4n) is 12.2. The summed E-state index contributed by atoms with van der Waals surface area (Å²) in [6, 6.07) is -0.841. The fraction of sp³-hybridized carbons (Fsp3) is 0.685. The van der Waals surface area contributed by atoms with E-state index in [-0.39, 0.29) is 77.6 Å². The third kappa shape index (κ3) is 12.7. The zero-order valence-corrected chi connectivity index (χ0v) is 43.1. The summed E-state index contributed by atoms with van der Waals surface area (Å²) in [6.07, 6.45) is 15.8. The van der Waals surface area contributed by atoms with E-state index in [1.807, 2.05) is 33.8 Å². The van der Waals surface area contributed by atoms with Crippen LogP contribution in [-0.4, -0.2) is 121 Å². The molecule has 0 aromatic carbocycles. The van der Waals surface area contributed by atoms with Gasteiger partial charge in [-0.05, 0) is 117 Å². The Morgan fingerprint density at radius 2 is 1.55 bits per heavy atom. The maximum absolute atomic E-state index is 15.0. The molecule has 0 radical (unpaired) electrons. The highest BCUT2D eigenvalue weighted by Gasteiger charge is 2.52.